The largest absolute Gasteiger partial charge is 0.507 e. The Labute approximate surface area is 183 Å². The maximum Gasteiger partial charge on any atom is 0.296 e. The Morgan fingerprint density at radius 2 is 1.83 bits per heavy atom. The highest BCUT2D eigenvalue weighted by Gasteiger charge is 2.47. The van der Waals surface area contributed by atoms with Crippen LogP contribution in [-0.4, -0.2) is 21.7 Å². The van der Waals surface area contributed by atoms with Crippen LogP contribution in [0.4, 0.5) is 0 Å². The van der Waals surface area contributed by atoms with Gasteiger partial charge < -0.3 is 14.4 Å². The highest BCUT2D eigenvalue weighted by atomic mass is 35.5. The van der Waals surface area contributed by atoms with Crippen LogP contribution in [0.2, 0.25) is 10.0 Å². The van der Waals surface area contributed by atoms with Crippen LogP contribution in [-0.2, 0) is 16.1 Å². The predicted molar refractivity (Wildman–Crippen MR) is 114 cm³/mol. The summed E-state index contributed by atoms with van der Waals surface area (Å²) < 4.78 is 5.37. The SMILES string of the molecule is Cc1ccc(C(O)=C2C(=O)C(=O)N(Cc3ccco3)[C@@H]2c2ccc(Cl)cc2Cl)cc1. The molecule has 5 nitrogen and oxygen atoms in total. The van der Waals surface area contributed by atoms with Crippen molar-refractivity contribution in [2.24, 2.45) is 0 Å². The number of amides is 1. The summed E-state index contributed by atoms with van der Waals surface area (Å²) in [4.78, 5) is 27.2. The summed E-state index contributed by atoms with van der Waals surface area (Å²) in [6.45, 7) is 1.96. The molecule has 1 aliphatic heterocycles. The Bertz CT molecular complexity index is 1150. The Balaban J connectivity index is 1.90. The number of aliphatic hydroxyl groups is 1. The van der Waals surface area contributed by atoms with Crippen LogP contribution in [0.3, 0.4) is 0 Å². The molecule has 2 aromatic carbocycles. The van der Waals surface area contributed by atoms with Crippen LogP contribution >= 0.6 is 23.2 Å². The number of aliphatic hydroxyl groups excluding tert-OH is 1. The summed E-state index contributed by atoms with van der Waals surface area (Å²) >= 11 is 12.5. The number of rotatable bonds is 4. The van der Waals surface area contributed by atoms with Gasteiger partial charge in [-0.05, 0) is 36.8 Å². The smallest absolute Gasteiger partial charge is 0.296 e. The van der Waals surface area contributed by atoms with E-state index in [1.54, 1.807) is 36.4 Å². The monoisotopic (exact) mass is 441 g/mol. The van der Waals surface area contributed by atoms with Gasteiger partial charge in [-0.25, -0.2) is 0 Å². The van der Waals surface area contributed by atoms with Gasteiger partial charge in [0.25, 0.3) is 11.7 Å². The van der Waals surface area contributed by atoms with E-state index in [4.69, 9.17) is 27.6 Å². The van der Waals surface area contributed by atoms with Crippen LogP contribution in [0.1, 0.15) is 28.5 Å². The van der Waals surface area contributed by atoms with Gasteiger partial charge >= 0.3 is 0 Å². The number of hydrogen-bond acceptors (Lipinski definition) is 4. The minimum atomic E-state index is -0.888. The number of benzene rings is 2. The molecule has 4 rings (SSSR count). The van der Waals surface area contributed by atoms with Crippen molar-refractivity contribution in [3.05, 3.63) is 98.9 Å². The quantitative estimate of drug-likeness (QED) is 0.328. The lowest BCUT2D eigenvalue weighted by Crippen LogP contribution is -2.29. The van der Waals surface area contributed by atoms with Gasteiger partial charge in [-0.15, -0.1) is 0 Å². The third kappa shape index (κ3) is 3.62. The Morgan fingerprint density at radius 3 is 2.47 bits per heavy atom. The summed E-state index contributed by atoms with van der Waals surface area (Å²) in [5.41, 5.74) is 1.90. The van der Waals surface area contributed by atoms with E-state index in [1.165, 1.54) is 17.2 Å². The average molecular weight is 442 g/mol. The van der Waals surface area contributed by atoms with Crippen LogP contribution < -0.4 is 0 Å². The second-order valence-corrected chi connectivity index (χ2v) is 7.88. The molecule has 0 aliphatic carbocycles. The van der Waals surface area contributed by atoms with Crippen LogP contribution in [0.25, 0.3) is 5.76 Å². The molecule has 0 unspecified atom stereocenters. The molecule has 0 bridgehead atoms. The number of nitrogens with zero attached hydrogens (tertiary/aromatic N) is 1. The molecule has 2 heterocycles. The van der Waals surface area contributed by atoms with Crippen molar-refractivity contribution in [2.45, 2.75) is 19.5 Å². The van der Waals surface area contributed by atoms with Gasteiger partial charge in [0.05, 0.1) is 24.4 Å². The van der Waals surface area contributed by atoms with E-state index in [0.29, 0.717) is 21.9 Å². The summed E-state index contributed by atoms with van der Waals surface area (Å²) in [6.07, 6.45) is 1.49. The molecule has 1 atom stereocenters. The van der Waals surface area contributed by atoms with E-state index >= 15 is 0 Å². The van der Waals surface area contributed by atoms with Crippen LogP contribution in [0.15, 0.2) is 70.9 Å². The zero-order valence-corrected chi connectivity index (χ0v) is 17.4. The molecule has 1 amide bonds. The Morgan fingerprint density at radius 1 is 1.10 bits per heavy atom. The molecule has 7 heteroatoms. The zero-order valence-electron chi connectivity index (χ0n) is 15.9. The maximum atomic E-state index is 13.0. The van der Waals surface area contributed by atoms with Gasteiger partial charge in [0.1, 0.15) is 11.5 Å². The Hall–Kier alpha value is -3.02. The van der Waals surface area contributed by atoms with Gasteiger partial charge in [-0.2, -0.15) is 0 Å². The van der Waals surface area contributed by atoms with Crippen LogP contribution in [0.5, 0.6) is 0 Å². The summed E-state index contributed by atoms with van der Waals surface area (Å²) in [5.74, 6) is -1.28. The predicted octanol–water partition coefficient (Wildman–Crippen LogP) is 5.52. The molecule has 30 heavy (non-hydrogen) atoms. The lowest BCUT2D eigenvalue weighted by atomic mass is 9.95. The Kier molecular flexibility index (Phi) is 5.41. The number of Topliss-reactive ketones (excluding diaryl/α,β-unsaturated/α-hetero) is 1. The first-order chi connectivity index (χ1) is 14.4. The van der Waals surface area contributed by atoms with Gasteiger partial charge in [0, 0.05) is 15.6 Å². The average Bonchev–Trinajstić information content (AvgIpc) is 3.31. The first-order valence-corrected chi connectivity index (χ1v) is 9.95. The number of halogens is 2. The second kappa shape index (κ2) is 8.01. The molecule has 1 aliphatic rings. The van der Waals surface area contributed by atoms with E-state index in [-0.39, 0.29) is 22.9 Å². The molecule has 0 saturated carbocycles. The second-order valence-electron chi connectivity index (χ2n) is 7.04. The summed E-state index contributed by atoms with van der Waals surface area (Å²) in [6, 6.07) is 14.4. The number of furan rings is 1. The fourth-order valence-corrected chi connectivity index (χ4v) is 4.04. The molecule has 3 aromatic rings. The molecular weight excluding hydrogens is 425 g/mol. The topological polar surface area (TPSA) is 70.8 Å². The van der Waals surface area contributed by atoms with Crippen molar-refractivity contribution < 1.29 is 19.1 Å². The molecule has 0 spiro atoms. The highest BCUT2D eigenvalue weighted by molar-refractivity contribution is 6.47. The van der Waals surface area contributed by atoms with Crippen molar-refractivity contribution in [1.82, 2.24) is 4.90 Å². The summed E-state index contributed by atoms with van der Waals surface area (Å²) in [5, 5.41) is 11.7. The lowest BCUT2D eigenvalue weighted by molar-refractivity contribution is -0.140. The molecule has 1 N–H and O–H groups in total. The molecule has 1 aromatic heterocycles. The van der Waals surface area contributed by atoms with Gasteiger partial charge in [0.2, 0.25) is 0 Å². The van der Waals surface area contributed by atoms with Crippen molar-refractivity contribution in [2.75, 3.05) is 0 Å². The number of hydrogen-bond donors (Lipinski definition) is 1. The van der Waals surface area contributed by atoms with Crippen molar-refractivity contribution >= 4 is 40.7 Å². The zero-order chi connectivity index (χ0) is 21.4. The van der Waals surface area contributed by atoms with Crippen molar-refractivity contribution in [1.29, 1.82) is 0 Å². The third-order valence-electron chi connectivity index (χ3n) is 5.03. The van der Waals surface area contributed by atoms with E-state index in [1.807, 2.05) is 19.1 Å². The molecule has 1 fully saturated rings. The first kappa shape index (κ1) is 20.3. The highest BCUT2D eigenvalue weighted by Crippen LogP contribution is 2.43. The number of ketones is 1. The third-order valence-corrected chi connectivity index (χ3v) is 5.59. The fourth-order valence-electron chi connectivity index (χ4n) is 3.53. The number of carbonyl (C=O) groups is 2. The van der Waals surface area contributed by atoms with E-state index < -0.39 is 17.7 Å². The van der Waals surface area contributed by atoms with Gasteiger partial charge in [-0.1, -0.05) is 59.1 Å². The normalized spacial score (nSPS) is 18.2. The number of aryl methyl sites for hydroxylation is 1. The summed E-state index contributed by atoms with van der Waals surface area (Å²) in [7, 11) is 0. The van der Waals surface area contributed by atoms with E-state index in [9.17, 15) is 14.7 Å². The number of likely N-dealkylation sites (tertiary alicyclic amines) is 1. The first-order valence-electron chi connectivity index (χ1n) is 9.19. The standard InChI is InChI=1S/C23H17Cl2NO4/c1-13-4-6-14(7-5-13)21(27)19-20(17-9-8-15(24)11-18(17)25)26(23(29)22(19)28)12-16-3-2-10-30-16/h2-11,20,27H,12H2,1H3/t20-/m1/s1. The maximum absolute atomic E-state index is 13.0. The number of carbonyl (C=O) groups excluding carboxylic acids is 2. The lowest BCUT2D eigenvalue weighted by Gasteiger charge is -2.25. The van der Waals surface area contributed by atoms with E-state index in [2.05, 4.69) is 0 Å². The van der Waals surface area contributed by atoms with Crippen molar-refractivity contribution in [3.8, 4) is 0 Å². The minimum Gasteiger partial charge on any atom is -0.507 e. The van der Waals surface area contributed by atoms with E-state index in [0.717, 1.165) is 5.56 Å². The molecule has 1 saturated heterocycles. The molecular formula is C23H17Cl2NO4. The minimum absolute atomic E-state index is 0.0281. The molecule has 152 valence electrons. The van der Waals surface area contributed by atoms with Crippen LogP contribution in [0, 0.1) is 6.92 Å². The molecule has 0 radical (unpaired) electrons. The van der Waals surface area contributed by atoms with Crippen molar-refractivity contribution in [3.63, 3.8) is 0 Å². The fraction of sp³-hybridized carbons (Fsp3) is 0.130. The van der Waals surface area contributed by atoms with Gasteiger partial charge in [0.15, 0.2) is 0 Å². The van der Waals surface area contributed by atoms with Gasteiger partial charge in [-0.3, -0.25) is 9.59 Å².